The zero-order valence-electron chi connectivity index (χ0n) is 20.5. The zero-order valence-corrected chi connectivity index (χ0v) is 20.5. The van der Waals surface area contributed by atoms with E-state index in [2.05, 4.69) is 15.4 Å². The van der Waals surface area contributed by atoms with Crippen molar-refractivity contribution in [2.45, 2.75) is 57.8 Å². The van der Waals surface area contributed by atoms with Crippen molar-refractivity contribution in [2.24, 2.45) is 5.92 Å². The standard InChI is InChI=1S/C27H29F2N3O5/c1-15(33)32-13-20(18-6-7-23(37-27(28)29)24(10-18)36-14-16-2-3-16)9-22(32)26(35)30-11-17-4-5-19-12-31-25(34)21(19)8-17/h4-8,10,16,20,22,27H,2-3,9,11-14H2,1H3,(H,30,35)(H,31,34)/t20?,22-/m0/s1. The first kappa shape index (κ1) is 25.0. The highest BCUT2D eigenvalue weighted by Gasteiger charge is 2.39. The van der Waals surface area contributed by atoms with Crippen LogP contribution < -0.4 is 20.1 Å². The van der Waals surface area contributed by atoms with Gasteiger partial charge >= 0.3 is 6.61 Å². The molecule has 2 aromatic carbocycles. The number of alkyl halides is 2. The fraction of sp³-hybridized carbons (Fsp3) is 0.444. The molecule has 5 rings (SSSR count). The normalized spacial score (nSPS) is 20.5. The molecular formula is C27H29F2N3O5. The van der Waals surface area contributed by atoms with Crippen LogP contribution in [0.3, 0.4) is 0 Å². The van der Waals surface area contributed by atoms with Crippen molar-refractivity contribution in [1.82, 2.24) is 15.5 Å². The van der Waals surface area contributed by atoms with Crippen LogP contribution in [-0.2, 0) is 22.7 Å². The topological polar surface area (TPSA) is 97.0 Å². The van der Waals surface area contributed by atoms with Gasteiger partial charge < -0.3 is 25.0 Å². The summed E-state index contributed by atoms with van der Waals surface area (Å²) in [5, 5.41) is 5.66. The van der Waals surface area contributed by atoms with E-state index in [1.165, 1.54) is 17.9 Å². The van der Waals surface area contributed by atoms with E-state index in [4.69, 9.17) is 4.74 Å². The van der Waals surface area contributed by atoms with Crippen LogP contribution in [-0.4, -0.2) is 48.4 Å². The Labute approximate surface area is 213 Å². The maximum Gasteiger partial charge on any atom is 0.387 e. The maximum absolute atomic E-state index is 13.1. The van der Waals surface area contributed by atoms with Gasteiger partial charge in [0.05, 0.1) is 6.61 Å². The molecule has 1 unspecified atom stereocenters. The second-order valence-electron chi connectivity index (χ2n) is 9.85. The minimum absolute atomic E-state index is 0.0295. The monoisotopic (exact) mass is 513 g/mol. The average Bonchev–Trinajstić information content (AvgIpc) is 3.47. The van der Waals surface area contributed by atoms with Crippen molar-refractivity contribution < 1.29 is 32.6 Å². The second kappa shape index (κ2) is 10.4. The first-order chi connectivity index (χ1) is 17.8. The Kier molecular flexibility index (Phi) is 6.99. The number of carbonyl (C=O) groups excluding carboxylic acids is 3. The van der Waals surface area contributed by atoms with Gasteiger partial charge in [0.1, 0.15) is 6.04 Å². The second-order valence-corrected chi connectivity index (χ2v) is 9.85. The highest BCUT2D eigenvalue weighted by atomic mass is 19.3. The molecule has 8 nitrogen and oxygen atoms in total. The highest BCUT2D eigenvalue weighted by molar-refractivity contribution is 5.98. The third-order valence-electron chi connectivity index (χ3n) is 7.16. The van der Waals surface area contributed by atoms with Gasteiger partial charge in [-0.25, -0.2) is 0 Å². The van der Waals surface area contributed by atoms with Crippen molar-refractivity contribution in [3.63, 3.8) is 0 Å². The molecule has 0 radical (unpaired) electrons. The summed E-state index contributed by atoms with van der Waals surface area (Å²) in [5.74, 6) is -0.172. The average molecular weight is 514 g/mol. The van der Waals surface area contributed by atoms with Gasteiger partial charge in [-0.2, -0.15) is 8.78 Å². The van der Waals surface area contributed by atoms with E-state index in [1.54, 1.807) is 18.2 Å². The zero-order chi connectivity index (χ0) is 26.1. The Balaban J connectivity index is 1.28. The molecule has 3 aliphatic rings. The van der Waals surface area contributed by atoms with Crippen LogP contribution in [0.4, 0.5) is 8.78 Å². The Morgan fingerprint density at radius 3 is 2.70 bits per heavy atom. The highest BCUT2D eigenvalue weighted by Crippen LogP contribution is 2.39. The van der Waals surface area contributed by atoms with Crippen molar-refractivity contribution in [1.29, 1.82) is 0 Å². The molecule has 2 fully saturated rings. The molecule has 2 atom stereocenters. The molecule has 2 heterocycles. The molecule has 0 bridgehead atoms. The number of hydrogen-bond acceptors (Lipinski definition) is 5. The number of carbonyl (C=O) groups is 3. The summed E-state index contributed by atoms with van der Waals surface area (Å²) >= 11 is 0. The Morgan fingerprint density at radius 1 is 1.16 bits per heavy atom. The maximum atomic E-state index is 13.1. The lowest BCUT2D eigenvalue weighted by Gasteiger charge is -2.22. The van der Waals surface area contributed by atoms with Crippen LogP contribution >= 0.6 is 0 Å². The van der Waals surface area contributed by atoms with E-state index in [1.807, 2.05) is 12.1 Å². The molecule has 2 aliphatic heterocycles. The van der Waals surface area contributed by atoms with Crippen LogP contribution in [0.15, 0.2) is 36.4 Å². The molecule has 196 valence electrons. The first-order valence-electron chi connectivity index (χ1n) is 12.4. The van der Waals surface area contributed by atoms with Crippen molar-refractivity contribution in [2.75, 3.05) is 13.2 Å². The summed E-state index contributed by atoms with van der Waals surface area (Å²) in [5.41, 5.74) is 3.11. The number of hydrogen-bond donors (Lipinski definition) is 2. The summed E-state index contributed by atoms with van der Waals surface area (Å²) < 4.78 is 36.2. The predicted octanol–water partition coefficient (Wildman–Crippen LogP) is 3.34. The predicted molar refractivity (Wildman–Crippen MR) is 129 cm³/mol. The Morgan fingerprint density at radius 2 is 1.97 bits per heavy atom. The van der Waals surface area contributed by atoms with Gasteiger partial charge in [0.15, 0.2) is 11.5 Å². The number of benzene rings is 2. The van der Waals surface area contributed by atoms with Gasteiger partial charge in [0.25, 0.3) is 5.91 Å². The number of rotatable bonds is 9. The molecule has 3 amide bonds. The molecule has 10 heteroatoms. The quantitative estimate of drug-likeness (QED) is 0.536. The number of amides is 3. The lowest BCUT2D eigenvalue weighted by molar-refractivity contribution is -0.136. The summed E-state index contributed by atoms with van der Waals surface area (Å²) in [4.78, 5) is 39.0. The van der Waals surface area contributed by atoms with Crippen LogP contribution in [0.5, 0.6) is 11.5 Å². The Bertz CT molecular complexity index is 1220. The minimum Gasteiger partial charge on any atom is -0.489 e. The molecule has 1 aliphatic carbocycles. The van der Waals surface area contributed by atoms with E-state index in [0.717, 1.165) is 29.5 Å². The third kappa shape index (κ3) is 5.68. The number of nitrogens with zero attached hydrogens (tertiary/aromatic N) is 1. The van der Waals surface area contributed by atoms with Crippen LogP contribution in [0.2, 0.25) is 0 Å². The molecule has 1 saturated carbocycles. The smallest absolute Gasteiger partial charge is 0.387 e. The molecule has 2 aromatic rings. The van der Waals surface area contributed by atoms with Crippen molar-refractivity contribution in [3.8, 4) is 11.5 Å². The van der Waals surface area contributed by atoms with E-state index >= 15 is 0 Å². The summed E-state index contributed by atoms with van der Waals surface area (Å²) in [6.07, 6.45) is 2.49. The van der Waals surface area contributed by atoms with E-state index in [-0.39, 0.29) is 41.7 Å². The largest absolute Gasteiger partial charge is 0.489 e. The summed E-state index contributed by atoms with van der Waals surface area (Å²) in [6.45, 7) is -0.0644. The van der Waals surface area contributed by atoms with E-state index < -0.39 is 12.7 Å². The molecule has 0 spiro atoms. The lowest BCUT2D eigenvalue weighted by Crippen LogP contribution is -2.44. The van der Waals surface area contributed by atoms with Crippen LogP contribution in [0.25, 0.3) is 0 Å². The molecule has 1 saturated heterocycles. The number of ether oxygens (including phenoxy) is 2. The van der Waals surface area contributed by atoms with Gasteiger partial charge in [-0.1, -0.05) is 18.2 Å². The minimum atomic E-state index is -2.97. The van der Waals surface area contributed by atoms with Crippen molar-refractivity contribution in [3.05, 3.63) is 58.7 Å². The fourth-order valence-corrected chi connectivity index (χ4v) is 4.93. The van der Waals surface area contributed by atoms with E-state index in [0.29, 0.717) is 37.6 Å². The fourth-order valence-electron chi connectivity index (χ4n) is 4.93. The first-order valence-corrected chi connectivity index (χ1v) is 12.4. The van der Waals surface area contributed by atoms with E-state index in [9.17, 15) is 23.2 Å². The molecular weight excluding hydrogens is 484 g/mol. The summed E-state index contributed by atoms with van der Waals surface area (Å²) in [6, 6.07) is 9.65. The SMILES string of the molecule is CC(=O)N1CC(c2ccc(OC(F)F)c(OCC3CC3)c2)C[C@H]1C(=O)NCc1ccc2c(c1)C(=O)NC2. The molecule has 2 N–H and O–H groups in total. The van der Waals surface area contributed by atoms with Gasteiger partial charge in [-0.15, -0.1) is 0 Å². The van der Waals surface area contributed by atoms with Gasteiger partial charge in [-0.3, -0.25) is 14.4 Å². The number of fused-ring (bicyclic) bond motifs is 1. The number of nitrogens with one attached hydrogen (secondary N) is 2. The van der Waals surface area contributed by atoms with Gasteiger partial charge in [0.2, 0.25) is 11.8 Å². The lowest BCUT2D eigenvalue weighted by atomic mass is 9.95. The van der Waals surface area contributed by atoms with Crippen LogP contribution in [0.1, 0.15) is 59.2 Å². The third-order valence-corrected chi connectivity index (χ3v) is 7.16. The number of halogens is 2. The molecule has 0 aromatic heterocycles. The number of likely N-dealkylation sites (tertiary alicyclic amines) is 1. The van der Waals surface area contributed by atoms with Gasteiger partial charge in [-0.05, 0) is 60.1 Å². The summed E-state index contributed by atoms with van der Waals surface area (Å²) in [7, 11) is 0. The molecule has 37 heavy (non-hydrogen) atoms. The van der Waals surface area contributed by atoms with Crippen molar-refractivity contribution >= 4 is 17.7 Å². The van der Waals surface area contributed by atoms with Gasteiger partial charge in [0, 0.05) is 38.0 Å². The van der Waals surface area contributed by atoms with Crippen LogP contribution in [0, 0.1) is 5.92 Å². The Hall–Kier alpha value is -3.69.